The Bertz CT molecular complexity index is 308. The highest BCUT2D eigenvalue weighted by Gasteiger charge is 2.02. The number of nitrogens with zero attached hydrogens (tertiary/aromatic N) is 8. The molecule has 0 saturated heterocycles. The van der Waals surface area contributed by atoms with E-state index in [0.29, 0.717) is 5.69 Å². The van der Waals surface area contributed by atoms with Gasteiger partial charge in [0.15, 0.2) is 5.69 Å². The van der Waals surface area contributed by atoms with Crippen LogP contribution in [0, 0.1) is 6.33 Å². The Hall–Kier alpha value is -2.12. The van der Waals surface area contributed by atoms with Gasteiger partial charge in [0, 0.05) is 0 Å². The van der Waals surface area contributed by atoms with Gasteiger partial charge in [-0.1, -0.05) is 0 Å². The summed E-state index contributed by atoms with van der Waals surface area (Å²) < 4.78 is 0. The van der Waals surface area contributed by atoms with Gasteiger partial charge in [0.1, 0.15) is 0 Å². The molecule has 8 heteroatoms. The first-order valence-electron chi connectivity index (χ1n) is 2.91. The van der Waals surface area contributed by atoms with Crippen molar-refractivity contribution in [3.8, 4) is 11.5 Å². The quantitative estimate of drug-likeness (QED) is 0.488. The van der Waals surface area contributed by atoms with Crippen molar-refractivity contribution in [1.29, 1.82) is 0 Å². The summed E-state index contributed by atoms with van der Waals surface area (Å²) in [7, 11) is 0. The van der Waals surface area contributed by atoms with Crippen LogP contribution in [0.1, 0.15) is 0 Å². The molecule has 0 bridgehead atoms. The van der Waals surface area contributed by atoms with Gasteiger partial charge < -0.3 is 0 Å². The van der Waals surface area contributed by atoms with Crippen molar-refractivity contribution in [2.45, 2.75) is 0 Å². The number of hydrogen-bond acceptors (Lipinski definition) is 8. The molecule has 8 nitrogen and oxygen atoms in total. The van der Waals surface area contributed by atoms with Crippen molar-refractivity contribution >= 4 is 0 Å². The monoisotopic (exact) mass is 161 g/mol. The zero-order valence-electron chi connectivity index (χ0n) is 5.66. The Labute approximate surface area is 66.1 Å². The minimum absolute atomic E-state index is 0.271. The van der Waals surface area contributed by atoms with Crippen LogP contribution in [0.15, 0.2) is 6.20 Å². The minimum Gasteiger partial charge on any atom is -0.200 e. The molecule has 0 fully saturated rings. The molecule has 12 heavy (non-hydrogen) atoms. The fourth-order valence-corrected chi connectivity index (χ4v) is 0.585. The van der Waals surface area contributed by atoms with E-state index in [1.54, 1.807) is 0 Å². The summed E-state index contributed by atoms with van der Waals surface area (Å²) in [5.41, 5.74) is 0.385. The van der Waals surface area contributed by atoms with Crippen molar-refractivity contribution in [3.05, 3.63) is 12.5 Å². The Balaban J connectivity index is 2.46. The van der Waals surface area contributed by atoms with E-state index in [9.17, 15) is 0 Å². The smallest absolute Gasteiger partial charge is 0.200 e. The van der Waals surface area contributed by atoms with Gasteiger partial charge in [-0.25, -0.2) is 0 Å². The van der Waals surface area contributed by atoms with Crippen LogP contribution >= 0.6 is 0 Å². The SMILES string of the molecule is [c]1nnnc(-c2cnnnn2)n1. The van der Waals surface area contributed by atoms with Crippen molar-refractivity contribution in [2.24, 2.45) is 0 Å². The lowest BCUT2D eigenvalue weighted by molar-refractivity contribution is 0.750. The fourth-order valence-electron chi connectivity index (χ4n) is 0.585. The zero-order valence-corrected chi connectivity index (χ0v) is 5.66. The van der Waals surface area contributed by atoms with E-state index in [1.165, 1.54) is 6.20 Å². The Morgan fingerprint density at radius 1 is 1.08 bits per heavy atom. The summed E-state index contributed by atoms with van der Waals surface area (Å²) >= 11 is 0. The summed E-state index contributed by atoms with van der Waals surface area (Å²) in [6, 6.07) is 0. The maximum absolute atomic E-state index is 3.67. The van der Waals surface area contributed by atoms with Crippen LogP contribution in [0.25, 0.3) is 11.5 Å². The van der Waals surface area contributed by atoms with Crippen LogP contribution in [-0.2, 0) is 0 Å². The summed E-state index contributed by atoms with van der Waals surface area (Å²) in [5, 5.41) is 23.9. The molecule has 0 unspecified atom stereocenters. The van der Waals surface area contributed by atoms with Gasteiger partial charge in [-0.3, -0.25) is 0 Å². The predicted octanol–water partition coefficient (Wildman–Crippen LogP) is -1.69. The lowest BCUT2D eigenvalue weighted by atomic mass is 10.4. The first-order valence-corrected chi connectivity index (χ1v) is 2.91. The second kappa shape index (κ2) is 2.86. The molecule has 0 saturated carbocycles. The highest BCUT2D eigenvalue weighted by molar-refractivity contribution is 5.43. The standard InChI is InChI=1S/C4HN8/c1-3(8-12-11-6-1)4-5-2-7-10-9-4/h1H. The third-order valence-corrected chi connectivity index (χ3v) is 1.04. The van der Waals surface area contributed by atoms with E-state index in [-0.39, 0.29) is 5.82 Å². The van der Waals surface area contributed by atoms with Crippen molar-refractivity contribution in [3.63, 3.8) is 0 Å². The van der Waals surface area contributed by atoms with Crippen molar-refractivity contribution in [1.82, 2.24) is 41.0 Å². The third kappa shape index (κ3) is 1.17. The molecular formula is C4HN8. The molecule has 1 radical (unpaired) electrons. The first-order chi connectivity index (χ1) is 5.97. The fraction of sp³-hybridized carbons (Fsp3) is 0. The molecule has 0 aliphatic carbocycles. The van der Waals surface area contributed by atoms with E-state index in [1.807, 2.05) is 0 Å². The van der Waals surface area contributed by atoms with E-state index in [0.717, 1.165) is 0 Å². The van der Waals surface area contributed by atoms with Crippen LogP contribution in [0.2, 0.25) is 0 Å². The molecule has 0 aliphatic heterocycles. The predicted molar refractivity (Wildman–Crippen MR) is 33.1 cm³/mol. The lowest BCUT2D eigenvalue weighted by Crippen LogP contribution is -1.99. The molecule has 0 aromatic carbocycles. The molecule has 0 amide bonds. The molecule has 0 atom stereocenters. The van der Waals surface area contributed by atoms with Gasteiger partial charge >= 0.3 is 0 Å². The summed E-state index contributed by atoms with van der Waals surface area (Å²) in [6.45, 7) is 0. The second-order valence-corrected chi connectivity index (χ2v) is 1.73. The van der Waals surface area contributed by atoms with Crippen LogP contribution in [0.5, 0.6) is 0 Å². The van der Waals surface area contributed by atoms with E-state index >= 15 is 0 Å². The largest absolute Gasteiger partial charge is 0.225 e. The first kappa shape index (κ1) is 6.58. The molecular weight excluding hydrogens is 160 g/mol. The van der Waals surface area contributed by atoms with Gasteiger partial charge in [0.25, 0.3) is 0 Å². The maximum Gasteiger partial charge on any atom is 0.225 e. The molecule has 57 valence electrons. The normalized spacial score (nSPS) is 9.67. The Morgan fingerprint density at radius 2 is 2.08 bits per heavy atom. The molecule has 0 spiro atoms. The van der Waals surface area contributed by atoms with Gasteiger partial charge in [-0.15, -0.1) is 20.4 Å². The molecule has 0 aliphatic rings. The number of aromatic nitrogens is 8. The van der Waals surface area contributed by atoms with Crippen LogP contribution in [-0.4, -0.2) is 41.0 Å². The second-order valence-electron chi connectivity index (χ2n) is 1.73. The summed E-state index contributed by atoms with van der Waals surface area (Å²) in [5.74, 6) is 0.271. The van der Waals surface area contributed by atoms with Crippen molar-refractivity contribution in [2.75, 3.05) is 0 Å². The third-order valence-electron chi connectivity index (χ3n) is 1.04. The Kier molecular flexibility index (Phi) is 1.57. The van der Waals surface area contributed by atoms with Gasteiger partial charge in [0.2, 0.25) is 12.2 Å². The zero-order chi connectivity index (χ0) is 8.23. The number of rotatable bonds is 1. The molecule has 0 N–H and O–H groups in total. The summed E-state index contributed by atoms with van der Waals surface area (Å²) in [6.07, 6.45) is 3.64. The van der Waals surface area contributed by atoms with Gasteiger partial charge in [0.05, 0.1) is 6.20 Å². The molecule has 2 aromatic heterocycles. The highest BCUT2D eigenvalue weighted by atomic mass is 15.4. The average molecular weight is 161 g/mol. The lowest BCUT2D eigenvalue weighted by Gasteiger charge is -1.90. The van der Waals surface area contributed by atoms with Gasteiger partial charge in [-0.05, 0) is 15.6 Å². The molecule has 2 heterocycles. The average Bonchev–Trinajstić information content (AvgIpc) is 2.21. The van der Waals surface area contributed by atoms with E-state index in [4.69, 9.17) is 0 Å². The minimum atomic E-state index is 0.271. The molecule has 2 rings (SSSR count). The highest BCUT2D eigenvalue weighted by Crippen LogP contribution is 2.02. The van der Waals surface area contributed by atoms with E-state index in [2.05, 4.69) is 47.3 Å². The van der Waals surface area contributed by atoms with Crippen LogP contribution < -0.4 is 0 Å². The van der Waals surface area contributed by atoms with Crippen molar-refractivity contribution < 1.29 is 0 Å². The molecule has 2 aromatic rings. The Morgan fingerprint density at radius 3 is 2.75 bits per heavy atom. The van der Waals surface area contributed by atoms with E-state index < -0.39 is 0 Å². The maximum atomic E-state index is 3.67. The van der Waals surface area contributed by atoms with Gasteiger partial charge in [-0.2, -0.15) is 4.98 Å². The summed E-state index contributed by atoms with van der Waals surface area (Å²) in [4.78, 5) is 3.67. The van der Waals surface area contributed by atoms with Crippen LogP contribution in [0.4, 0.5) is 0 Å². The number of hydrogen-bond donors (Lipinski definition) is 0. The van der Waals surface area contributed by atoms with Crippen LogP contribution in [0.3, 0.4) is 0 Å². The topological polar surface area (TPSA) is 103 Å².